The van der Waals surface area contributed by atoms with E-state index in [2.05, 4.69) is 15.4 Å². The molecule has 1 aliphatic heterocycles. The van der Waals surface area contributed by atoms with Crippen LogP contribution < -0.4 is 0 Å². The van der Waals surface area contributed by atoms with Crippen molar-refractivity contribution < 1.29 is 19.2 Å². The van der Waals surface area contributed by atoms with Crippen LogP contribution in [-0.2, 0) is 0 Å². The maximum atomic E-state index is 12.8. The Balaban J connectivity index is 1.72. The van der Waals surface area contributed by atoms with Crippen LogP contribution in [0.3, 0.4) is 0 Å². The lowest BCUT2D eigenvalue weighted by molar-refractivity contribution is 0.0636. The van der Waals surface area contributed by atoms with Gasteiger partial charge in [0.1, 0.15) is 5.69 Å². The van der Waals surface area contributed by atoms with Crippen LogP contribution in [0.4, 0.5) is 11.4 Å². The molecule has 0 fully saturated rings. The van der Waals surface area contributed by atoms with Gasteiger partial charge in [-0.25, -0.2) is 0 Å². The van der Waals surface area contributed by atoms with Gasteiger partial charge in [-0.1, -0.05) is 55.4 Å². The van der Waals surface area contributed by atoms with Gasteiger partial charge in [-0.05, 0) is 18.1 Å². The number of hydrogen-bond donors (Lipinski definition) is 1. The molecule has 1 aliphatic rings. The summed E-state index contributed by atoms with van der Waals surface area (Å²) >= 11 is 0. The third kappa shape index (κ3) is 3.29. The summed E-state index contributed by atoms with van der Waals surface area (Å²) in [6.07, 6.45) is 0. The number of benzene rings is 2. The number of imide groups is 1. The van der Waals surface area contributed by atoms with E-state index in [1.807, 2.05) is 32.0 Å². The molecule has 0 radical (unpaired) electrons. The lowest BCUT2D eigenvalue weighted by Crippen LogP contribution is -2.33. The topological polar surface area (TPSA) is 108 Å². The van der Waals surface area contributed by atoms with Gasteiger partial charge >= 0.3 is 5.95 Å². The van der Waals surface area contributed by atoms with Crippen molar-refractivity contribution in [2.24, 2.45) is 16.1 Å². The summed E-state index contributed by atoms with van der Waals surface area (Å²) in [6.45, 7) is 4.20. The number of carbonyl (C=O) groups excluding carboxylic acids is 2. The SMILES string of the molecule is CC(C)CN1C(=O)c2cccc(N=Nc3c(-c4ccccc4)noc3O)c2C1=O. The van der Waals surface area contributed by atoms with E-state index in [0.29, 0.717) is 23.4 Å². The normalized spacial score (nSPS) is 13.7. The number of azo groups is 1. The van der Waals surface area contributed by atoms with Gasteiger partial charge in [-0.2, -0.15) is 0 Å². The molecule has 0 aliphatic carbocycles. The zero-order chi connectivity index (χ0) is 20.5. The van der Waals surface area contributed by atoms with Crippen molar-refractivity contribution in [2.75, 3.05) is 6.54 Å². The lowest BCUT2D eigenvalue weighted by Gasteiger charge is -2.15. The van der Waals surface area contributed by atoms with Gasteiger partial charge in [0.25, 0.3) is 11.8 Å². The predicted octanol–water partition coefficient (Wildman–Crippen LogP) is 4.71. The summed E-state index contributed by atoms with van der Waals surface area (Å²) in [5.41, 5.74) is 1.81. The van der Waals surface area contributed by atoms with Crippen LogP contribution in [0, 0.1) is 5.92 Å². The predicted molar refractivity (Wildman–Crippen MR) is 104 cm³/mol. The van der Waals surface area contributed by atoms with E-state index in [1.54, 1.807) is 30.3 Å². The van der Waals surface area contributed by atoms with E-state index in [4.69, 9.17) is 4.52 Å². The van der Waals surface area contributed by atoms with Crippen molar-refractivity contribution in [1.29, 1.82) is 0 Å². The van der Waals surface area contributed by atoms with Crippen LogP contribution in [0.15, 0.2) is 63.3 Å². The molecule has 2 aromatic carbocycles. The largest absolute Gasteiger partial charge is 0.478 e. The minimum Gasteiger partial charge on any atom is -0.478 e. The van der Waals surface area contributed by atoms with Gasteiger partial charge < -0.3 is 9.63 Å². The van der Waals surface area contributed by atoms with Gasteiger partial charge in [0.15, 0.2) is 5.69 Å². The maximum Gasteiger partial charge on any atom is 0.337 e. The number of nitrogens with zero attached hydrogens (tertiary/aromatic N) is 4. The Morgan fingerprint density at radius 1 is 1.03 bits per heavy atom. The molecule has 0 saturated heterocycles. The van der Waals surface area contributed by atoms with Gasteiger partial charge in [-0.3, -0.25) is 14.5 Å². The minimum absolute atomic E-state index is 0.0459. The fourth-order valence-corrected chi connectivity index (χ4v) is 3.19. The number of fused-ring (bicyclic) bond motifs is 1. The highest BCUT2D eigenvalue weighted by Crippen LogP contribution is 2.39. The van der Waals surface area contributed by atoms with Crippen LogP contribution >= 0.6 is 0 Å². The van der Waals surface area contributed by atoms with E-state index in [1.165, 1.54) is 4.90 Å². The number of aromatic hydroxyl groups is 1. The summed E-state index contributed by atoms with van der Waals surface area (Å²) in [7, 11) is 0. The van der Waals surface area contributed by atoms with Crippen LogP contribution in [-0.4, -0.2) is 33.5 Å². The average molecular weight is 390 g/mol. The molecule has 2 amide bonds. The minimum atomic E-state index is -0.482. The fraction of sp³-hybridized carbons (Fsp3) is 0.190. The van der Waals surface area contributed by atoms with Crippen molar-refractivity contribution in [3.63, 3.8) is 0 Å². The Kier molecular flexibility index (Phi) is 4.67. The Bertz CT molecular complexity index is 1120. The first-order chi connectivity index (χ1) is 14.0. The van der Waals surface area contributed by atoms with Crippen molar-refractivity contribution in [1.82, 2.24) is 10.1 Å². The number of hydrogen-bond acceptors (Lipinski definition) is 7. The molecular formula is C21H18N4O4. The molecule has 0 unspecified atom stereocenters. The first kappa shape index (κ1) is 18.5. The van der Waals surface area contributed by atoms with Crippen LogP contribution in [0.2, 0.25) is 0 Å². The van der Waals surface area contributed by atoms with Crippen molar-refractivity contribution in [2.45, 2.75) is 13.8 Å². The Labute approximate surface area is 166 Å². The Morgan fingerprint density at radius 2 is 1.79 bits per heavy atom. The molecule has 29 heavy (non-hydrogen) atoms. The van der Waals surface area contributed by atoms with Crippen LogP contribution in [0.1, 0.15) is 34.6 Å². The highest BCUT2D eigenvalue weighted by molar-refractivity contribution is 6.23. The first-order valence-corrected chi connectivity index (χ1v) is 9.12. The number of aromatic nitrogens is 1. The van der Waals surface area contributed by atoms with Gasteiger partial charge in [0.05, 0.1) is 16.8 Å². The Hall–Kier alpha value is -3.81. The molecule has 3 aromatic rings. The maximum absolute atomic E-state index is 12.8. The standard InChI is InChI=1S/C21H18N4O4/c1-12(2)11-25-19(26)14-9-6-10-15(16(14)20(25)27)22-23-18-17(24-29-21(18)28)13-7-4-3-5-8-13/h3-10,12,28H,11H2,1-2H3. The molecule has 146 valence electrons. The molecule has 0 bridgehead atoms. The number of carbonyl (C=O) groups is 2. The summed E-state index contributed by atoms with van der Waals surface area (Å²) in [5, 5.41) is 22.0. The highest BCUT2D eigenvalue weighted by atomic mass is 16.5. The monoisotopic (exact) mass is 390 g/mol. The summed E-state index contributed by atoms with van der Waals surface area (Å²) in [5.74, 6) is -1.08. The van der Waals surface area contributed by atoms with E-state index in [0.717, 1.165) is 0 Å². The van der Waals surface area contributed by atoms with E-state index in [-0.39, 0.29) is 28.8 Å². The molecular weight excluding hydrogens is 372 g/mol. The van der Waals surface area contributed by atoms with Crippen LogP contribution in [0.5, 0.6) is 5.95 Å². The van der Waals surface area contributed by atoms with Gasteiger partial charge in [0.2, 0.25) is 0 Å². The average Bonchev–Trinajstić information content (AvgIpc) is 3.20. The molecule has 8 nitrogen and oxygen atoms in total. The second kappa shape index (κ2) is 7.31. The molecule has 2 heterocycles. The smallest absolute Gasteiger partial charge is 0.337 e. The molecule has 1 aromatic heterocycles. The third-order valence-electron chi connectivity index (χ3n) is 4.48. The third-order valence-corrected chi connectivity index (χ3v) is 4.48. The fourth-order valence-electron chi connectivity index (χ4n) is 3.19. The quantitative estimate of drug-likeness (QED) is 0.501. The highest BCUT2D eigenvalue weighted by Gasteiger charge is 2.37. The van der Waals surface area contributed by atoms with E-state index < -0.39 is 11.9 Å². The summed E-state index contributed by atoms with van der Waals surface area (Å²) in [6, 6.07) is 13.9. The zero-order valence-electron chi connectivity index (χ0n) is 15.9. The van der Waals surface area contributed by atoms with Crippen molar-refractivity contribution >= 4 is 23.2 Å². The summed E-state index contributed by atoms with van der Waals surface area (Å²) in [4.78, 5) is 26.6. The molecule has 0 atom stereocenters. The first-order valence-electron chi connectivity index (χ1n) is 9.12. The summed E-state index contributed by atoms with van der Waals surface area (Å²) < 4.78 is 4.85. The van der Waals surface area contributed by atoms with Crippen molar-refractivity contribution in [3.05, 3.63) is 59.7 Å². The van der Waals surface area contributed by atoms with E-state index >= 15 is 0 Å². The van der Waals surface area contributed by atoms with Gasteiger partial charge in [-0.15, -0.1) is 10.2 Å². The molecule has 0 saturated carbocycles. The second-order valence-electron chi connectivity index (χ2n) is 7.07. The van der Waals surface area contributed by atoms with Crippen LogP contribution in [0.25, 0.3) is 11.3 Å². The molecule has 8 heteroatoms. The molecule has 1 N–H and O–H groups in total. The van der Waals surface area contributed by atoms with Crippen molar-refractivity contribution in [3.8, 4) is 17.2 Å². The lowest BCUT2D eigenvalue weighted by atomic mass is 10.1. The van der Waals surface area contributed by atoms with Gasteiger partial charge in [0, 0.05) is 12.1 Å². The number of amides is 2. The number of rotatable bonds is 5. The molecule has 4 rings (SSSR count). The molecule has 0 spiro atoms. The Morgan fingerprint density at radius 3 is 2.52 bits per heavy atom. The second-order valence-corrected chi connectivity index (χ2v) is 7.07. The van der Waals surface area contributed by atoms with E-state index in [9.17, 15) is 14.7 Å². The zero-order valence-corrected chi connectivity index (χ0v) is 15.9.